The van der Waals surface area contributed by atoms with Crippen LogP contribution in [0.5, 0.6) is 0 Å². The van der Waals surface area contributed by atoms with Gasteiger partial charge in [0, 0.05) is 16.8 Å². The first-order valence-corrected chi connectivity index (χ1v) is 8.59. The predicted octanol–water partition coefficient (Wildman–Crippen LogP) is 2.92. The molecule has 2 rings (SSSR count). The molecule has 0 bridgehead atoms. The number of sulfonamides is 1. The largest absolute Gasteiger partial charge is 0.325 e. The monoisotopic (exact) mass is 374 g/mol. The van der Waals surface area contributed by atoms with Crippen LogP contribution in [0.1, 0.15) is 6.92 Å². The summed E-state index contributed by atoms with van der Waals surface area (Å²) in [5, 5.41) is 2.67. The molecule has 0 saturated heterocycles. The van der Waals surface area contributed by atoms with Gasteiger partial charge in [-0.15, -0.1) is 0 Å². The van der Waals surface area contributed by atoms with E-state index in [0.29, 0.717) is 5.02 Å². The highest BCUT2D eigenvalue weighted by molar-refractivity contribution is 7.89. The zero-order valence-corrected chi connectivity index (χ0v) is 14.0. The number of benzene rings is 2. The lowest BCUT2D eigenvalue weighted by atomic mass is 10.2. The van der Waals surface area contributed by atoms with Gasteiger partial charge < -0.3 is 5.32 Å². The lowest BCUT2D eigenvalue weighted by Gasteiger charge is -2.14. The van der Waals surface area contributed by atoms with Gasteiger partial charge in [0.25, 0.3) is 0 Å². The first-order valence-electron chi connectivity index (χ1n) is 6.73. The van der Waals surface area contributed by atoms with Gasteiger partial charge in [-0.1, -0.05) is 11.6 Å². The molecule has 0 fully saturated rings. The fraction of sp³-hybridized carbons (Fsp3) is 0.133. The van der Waals surface area contributed by atoms with Gasteiger partial charge in [0.1, 0.15) is 0 Å². The van der Waals surface area contributed by atoms with E-state index in [-0.39, 0.29) is 10.6 Å². The minimum Gasteiger partial charge on any atom is -0.325 e. The average molecular weight is 375 g/mol. The Hall–Kier alpha value is -2.03. The van der Waals surface area contributed by atoms with E-state index in [2.05, 4.69) is 10.0 Å². The van der Waals surface area contributed by atoms with Crippen LogP contribution in [-0.2, 0) is 14.8 Å². The van der Waals surface area contributed by atoms with E-state index < -0.39 is 33.6 Å². The number of anilines is 1. The van der Waals surface area contributed by atoms with Gasteiger partial charge in [-0.2, -0.15) is 4.72 Å². The van der Waals surface area contributed by atoms with Gasteiger partial charge >= 0.3 is 0 Å². The third kappa shape index (κ3) is 4.50. The van der Waals surface area contributed by atoms with Crippen molar-refractivity contribution in [2.24, 2.45) is 0 Å². The Morgan fingerprint density at radius 1 is 1.08 bits per heavy atom. The summed E-state index contributed by atoms with van der Waals surface area (Å²) in [4.78, 5) is 11.9. The number of amides is 1. The molecule has 24 heavy (non-hydrogen) atoms. The number of hydrogen-bond acceptors (Lipinski definition) is 3. The van der Waals surface area contributed by atoms with Crippen LogP contribution in [0, 0.1) is 11.6 Å². The molecule has 0 aromatic heterocycles. The topological polar surface area (TPSA) is 75.3 Å². The lowest BCUT2D eigenvalue weighted by Crippen LogP contribution is -2.41. The molecule has 128 valence electrons. The van der Waals surface area contributed by atoms with Crippen molar-refractivity contribution in [2.75, 3.05) is 5.32 Å². The van der Waals surface area contributed by atoms with Gasteiger partial charge in [-0.05, 0) is 43.3 Å². The van der Waals surface area contributed by atoms with E-state index in [1.807, 2.05) is 0 Å². The van der Waals surface area contributed by atoms with Crippen LogP contribution in [0.3, 0.4) is 0 Å². The molecule has 0 saturated carbocycles. The molecule has 2 aromatic rings. The quantitative estimate of drug-likeness (QED) is 0.845. The van der Waals surface area contributed by atoms with E-state index in [1.54, 1.807) is 0 Å². The first kappa shape index (κ1) is 18.3. The number of rotatable bonds is 5. The maximum Gasteiger partial charge on any atom is 0.242 e. The number of halogens is 3. The SMILES string of the molecule is C[C@H](NS(=O)(=O)c1ccc(Cl)cc1)C(=O)Nc1ccc(F)c(F)c1. The summed E-state index contributed by atoms with van der Waals surface area (Å²) in [7, 11) is -3.93. The lowest BCUT2D eigenvalue weighted by molar-refractivity contribution is -0.117. The third-order valence-electron chi connectivity index (χ3n) is 3.04. The maximum atomic E-state index is 13.1. The van der Waals surface area contributed by atoms with E-state index >= 15 is 0 Å². The molecule has 0 heterocycles. The van der Waals surface area contributed by atoms with Crippen molar-refractivity contribution in [1.82, 2.24) is 4.72 Å². The van der Waals surface area contributed by atoms with Crippen molar-refractivity contribution in [3.63, 3.8) is 0 Å². The van der Waals surface area contributed by atoms with E-state index in [4.69, 9.17) is 11.6 Å². The Kier molecular flexibility index (Phi) is 5.53. The second-order valence-electron chi connectivity index (χ2n) is 4.92. The molecule has 0 aliphatic heterocycles. The molecular weight excluding hydrogens is 362 g/mol. The molecule has 0 aliphatic rings. The minimum atomic E-state index is -3.93. The van der Waals surface area contributed by atoms with Crippen molar-refractivity contribution in [2.45, 2.75) is 17.9 Å². The second-order valence-corrected chi connectivity index (χ2v) is 7.07. The Bertz CT molecular complexity index is 858. The van der Waals surface area contributed by atoms with Gasteiger partial charge in [0.2, 0.25) is 15.9 Å². The second kappa shape index (κ2) is 7.25. The van der Waals surface area contributed by atoms with Crippen LogP contribution in [-0.4, -0.2) is 20.4 Å². The molecule has 0 radical (unpaired) electrons. The molecule has 0 spiro atoms. The van der Waals surface area contributed by atoms with Gasteiger partial charge in [-0.25, -0.2) is 17.2 Å². The van der Waals surface area contributed by atoms with Crippen LogP contribution >= 0.6 is 11.6 Å². The molecule has 2 aromatic carbocycles. The van der Waals surface area contributed by atoms with Crippen molar-refractivity contribution in [3.8, 4) is 0 Å². The third-order valence-corrected chi connectivity index (χ3v) is 4.84. The zero-order chi connectivity index (χ0) is 17.9. The smallest absolute Gasteiger partial charge is 0.242 e. The Balaban J connectivity index is 2.07. The summed E-state index contributed by atoms with van der Waals surface area (Å²) >= 11 is 5.70. The van der Waals surface area contributed by atoms with E-state index in [0.717, 1.165) is 18.2 Å². The summed E-state index contributed by atoms with van der Waals surface area (Å²) in [6.45, 7) is 1.32. The molecule has 9 heteroatoms. The minimum absolute atomic E-state index is 0.0106. The number of nitrogens with one attached hydrogen (secondary N) is 2. The maximum absolute atomic E-state index is 13.1. The average Bonchev–Trinajstić information content (AvgIpc) is 2.51. The standard InChI is InChI=1S/C15H13ClF2N2O3S/c1-9(15(21)19-11-4-7-13(17)14(18)8-11)20-24(22,23)12-5-2-10(16)3-6-12/h2-9,20H,1H3,(H,19,21)/t9-/m0/s1. The van der Waals surface area contributed by atoms with Crippen LogP contribution in [0.15, 0.2) is 47.4 Å². The highest BCUT2D eigenvalue weighted by Crippen LogP contribution is 2.15. The molecule has 1 amide bonds. The van der Waals surface area contributed by atoms with E-state index in [9.17, 15) is 22.0 Å². The van der Waals surface area contributed by atoms with Crippen molar-refractivity contribution in [3.05, 3.63) is 59.1 Å². The summed E-state index contributed by atoms with van der Waals surface area (Å²) in [6.07, 6.45) is 0. The fourth-order valence-corrected chi connectivity index (χ4v) is 3.12. The van der Waals surface area contributed by atoms with Crippen molar-refractivity contribution in [1.29, 1.82) is 0 Å². The van der Waals surface area contributed by atoms with Crippen LogP contribution in [0.25, 0.3) is 0 Å². The molecule has 0 unspecified atom stereocenters. The highest BCUT2D eigenvalue weighted by Gasteiger charge is 2.22. The number of carbonyl (C=O) groups excluding carboxylic acids is 1. The number of hydrogen-bond donors (Lipinski definition) is 2. The Morgan fingerprint density at radius 2 is 1.71 bits per heavy atom. The fourth-order valence-electron chi connectivity index (χ4n) is 1.79. The highest BCUT2D eigenvalue weighted by atomic mass is 35.5. The van der Waals surface area contributed by atoms with Crippen molar-refractivity contribution >= 4 is 33.2 Å². The molecule has 1 atom stereocenters. The van der Waals surface area contributed by atoms with Crippen molar-refractivity contribution < 1.29 is 22.0 Å². The zero-order valence-electron chi connectivity index (χ0n) is 12.4. The normalized spacial score (nSPS) is 12.7. The van der Waals surface area contributed by atoms with Gasteiger partial charge in [0.15, 0.2) is 11.6 Å². The Morgan fingerprint density at radius 3 is 2.29 bits per heavy atom. The van der Waals surface area contributed by atoms with Gasteiger partial charge in [0.05, 0.1) is 10.9 Å². The summed E-state index contributed by atoms with van der Waals surface area (Å²) in [5.74, 6) is -2.90. The molecule has 2 N–H and O–H groups in total. The molecule has 5 nitrogen and oxygen atoms in total. The molecular formula is C15H13ClF2N2O3S. The summed E-state index contributed by atoms with van der Waals surface area (Å²) < 4.78 is 52.5. The number of carbonyl (C=O) groups is 1. The van der Waals surface area contributed by atoms with E-state index in [1.165, 1.54) is 31.2 Å². The molecule has 0 aliphatic carbocycles. The van der Waals surface area contributed by atoms with Crippen LogP contribution in [0.4, 0.5) is 14.5 Å². The summed E-state index contributed by atoms with van der Waals surface area (Å²) in [5.41, 5.74) is 0.0106. The predicted molar refractivity (Wildman–Crippen MR) is 86.2 cm³/mol. The Labute approximate surface area is 142 Å². The first-order chi connectivity index (χ1) is 11.2. The van der Waals surface area contributed by atoms with Crippen LogP contribution in [0.2, 0.25) is 5.02 Å². The van der Waals surface area contributed by atoms with Gasteiger partial charge in [-0.3, -0.25) is 4.79 Å². The summed E-state index contributed by atoms with van der Waals surface area (Å²) in [6, 6.07) is 7.08. The van der Waals surface area contributed by atoms with Crippen LogP contribution < -0.4 is 10.0 Å².